The second-order valence-corrected chi connectivity index (χ2v) is 4.82. The summed E-state index contributed by atoms with van der Waals surface area (Å²) in [6.45, 7) is 5.40. The Kier molecular flexibility index (Phi) is 2.29. The quantitative estimate of drug-likeness (QED) is 0.806. The van der Waals surface area contributed by atoms with E-state index in [0.29, 0.717) is 19.0 Å². The standard InChI is InChI=1S/C12H16N4O/c1-8(2)9-5-10-11(17)6-15-4-3-13-12(15)7-16(10)14-9/h3-5,8,11,17H,6-7H2,1-2H3. The molecule has 1 atom stereocenters. The molecule has 1 N–H and O–H groups in total. The first kappa shape index (κ1) is 10.5. The number of hydrogen-bond acceptors (Lipinski definition) is 3. The normalized spacial score (nSPS) is 18.9. The Morgan fingerprint density at radius 3 is 3.06 bits per heavy atom. The molecule has 0 aliphatic carbocycles. The number of rotatable bonds is 1. The molecule has 0 saturated heterocycles. The highest BCUT2D eigenvalue weighted by Gasteiger charge is 2.23. The smallest absolute Gasteiger partial charge is 0.130 e. The van der Waals surface area contributed by atoms with E-state index in [-0.39, 0.29) is 0 Å². The van der Waals surface area contributed by atoms with Gasteiger partial charge in [-0.25, -0.2) is 4.98 Å². The zero-order valence-corrected chi connectivity index (χ0v) is 10.0. The largest absolute Gasteiger partial charge is 0.385 e. The van der Waals surface area contributed by atoms with Crippen molar-refractivity contribution in [2.24, 2.45) is 0 Å². The molecule has 1 unspecified atom stereocenters. The Balaban J connectivity index is 2.07. The molecule has 1 aliphatic rings. The van der Waals surface area contributed by atoms with Crippen LogP contribution < -0.4 is 0 Å². The van der Waals surface area contributed by atoms with Crippen molar-refractivity contribution in [1.29, 1.82) is 0 Å². The lowest BCUT2D eigenvalue weighted by atomic mass is 10.1. The van der Waals surface area contributed by atoms with Gasteiger partial charge in [0.25, 0.3) is 0 Å². The van der Waals surface area contributed by atoms with Gasteiger partial charge in [0.2, 0.25) is 0 Å². The highest BCUT2D eigenvalue weighted by molar-refractivity contribution is 5.18. The third-order valence-corrected chi connectivity index (χ3v) is 3.23. The first-order chi connectivity index (χ1) is 8.15. The molecule has 0 saturated carbocycles. The number of aliphatic hydroxyl groups is 1. The molecule has 17 heavy (non-hydrogen) atoms. The van der Waals surface area contributed by atoms with E-state index in [1.54, 1.807) is 6.20 Å². The molecule has 0 aromatic carbocycles. The molecule has 2 aromatic rings. The van der Waals surface area contributed by atoms with E-state index >= 15 is 0 Å². The van der Waals surface area contributed by atoms with Gasteiger partial charge in [0.05, 0.1) is 24.5 Å². The number of nitrogens with zero attached hydrogens (tertiary/aromatic N) is 4. The first-order valence-electron chi connectivity index (χ1n) is 5.91. The number of hydrogen-bond donors (Lipinski definition) is 1. The van der Waals surface area contributed by atoms with Gasteiger partial charge in [-0.05, 0) is 12.0 Å². The molecular formula is C12H16N4O. The van der Waals surface area contributed by atoms with E-state index in [9.17, 15) is 5.11 Å². The zero-order valence-electron chi connectivity index (χ0n) is 10.0. The lowest BCUT2D eigenvalue weighted by Gasteiger charge is -2.08. The monoisotopic (exact) mass is 232 g/mol. The van der Waals surface area contributed by atoms with Crippen LogP contribution in [0.5, 0.6) is 0 Å². The second kappa shape index (κ2) is 3.70. The van der Waals surface area contributed by atoms with Gasteiger partial charge in [-0.1, -0.05) is 13.8 Å². The summed E-state index contributed by atoms with van der Waals surface area (Å²) in [5, 5.41) is 14.7. The zero-order chi connectivity index (χ0) is 12.0. The maximum Gasteiger partial charge on any atom is 0.130 e. The third-order valence-electron chi connectivity index (χ3n) is 3.23. The van der Waals surface area contributed by atoms with Crippen LogP contribution in [0, 0.1) is 0 Å². The van der Waals surface area contributed by atoms with Gasteiger partial charge in [0.15, 0.2) is 0 Å². The minimum absolute atomic E-state index is 0.376. The maximum absolute atomic E-state index is 10.2. The molecule has 90 valence electrons. The van der Waals surface area contributed by atoms with Crippen molar-refractivity contribution in [3.8, 4) is 0 Å². The molecule has 0 fully saturated rings. The molecule has 2 aromatic heterocycles. The summed E-state index contributed by atoms with van der Waals surface area (Å²) >= 11 is 0. The Bertz CT molecular complexity index is 540. The van der Waals surface area contributed by atoms with E-state index in [1.807, 2.05) is 21.5 Å². The van der Waals surface area contributed by atoms with Crippen molar-refractivity contribution >= 4 is 0 Å². The van der Waals surface area contributed by atoms with E-state index in [2.05, 4.69) is 23.9 Å². The van der Waals surface area contributed by atoms with E-state index < -0.39 is 6.10 Å². The second-order valence-electron chi connectivity index (χ2n) is 4.82. The summed E-state index contributed by atoms with van der Waals surface area (Å²) in [5.41, 5.74) is 1.92. The molecular weight excluding hydrogens is 216 g/mol. The van der Waals surface area contributed by atoms with Crippen LogP contribution in [0.3, 0.4) is 0 Å². The fraction of sp³-hybridized carbons (Fsp3) is 0.500. The van der Waals surface area contributed by atoms with Crippen molar-refractivity contribution in [2.45, 2.75) is 39.0 Å². The molecule has 5 heteroatoms. The van der Waals surface area contributed by atoms with Crippen molar-refractivity contribution in [2.75, 3.05) is 0 Å². The molecule has 3 heterocycles. The fourth-order valence-corrected chi connectivity index (χ4v) is 2.20. The Morgan fingerprint density at radius 2 is 2.29 bits per heavy atom. The summed E-state index contributed by atoms with van der Waals surface area (Å²) in [7, 11) is 0. The average molecular weight is 232 g/mol. The summed E-state index contributed by atoms with van der Waals surface area (Å²) in [6, 6.07) is 2.00. The maximum atomic E-state index is 10.2. The predicted octanol–water partition coefficient (Wildman–Crippen LogP) is 1.30. The summed E-state index contributed by atoms with van der Waals surface area (Å²) in [5.74, 6) is 1.32. The van der Waals surface area contributed by atoms with Gasteiger partial charge in [-0.2, -0.15) is 5.10 Å². The summed E-state index contributed by atoms with van der Waals surface area (Å²) in [4.78, 5) is 4.30. The molecule has 3 rings (SSSR count). The molecule has 5 nitrogen and oxygen atoms in total. The van der Waals surface area contributed by atoms with Gasteiger partial charge in [0.1, 0.15) is 11.9 Å². The van der Waals surface area contributed by atoms with Gasteiger partial charge in [-0.3, -0.25) is 4.68 Å². The predicted molar refractivity (Wildman–Crippen MR) is 62.6 cm³/mol. The highest BCUT2D eigenvalue weighted by Crippen LogP contribution is 2.24. The lowest BCUT2D eigenvalue weighted by Crippen LogP contribution is -2.07. The van der Waals surface area contributed by atoms with Crippen LogP contribution in [0.2, 0.25) is 0 Å². The van der Waals surface area contributed by atoms with Crippen LogP contribution in [-0.4, -0.2) is 24.4 Å². The van der Waals surface area contributed by atoms with E-state index in [4.69, 9.17) is 0 Å². The minimum atomic E-state index is -0.509. The number of aromatic nitrogens is 4. The van der Waals surface area contributed by atoms with E-state index in [1.165, 1.54) is 0 Å². The van der Waals surface area contributed by atoms with Crippen molar-refractivity contribution in [1.82, 2.24) is 19.3 Å². The average Bonchev–Trinajstić information content (AvgIpc) is 2.85. The van der Waals surface area contributed by atoms with Crippen molar-refractivity contribution < 1.29 is 5.11 Å². The van der Waals surface area contributed by atoms with E-state index in [0.717, 1.165) is 17.2 Å². The van der Waals surface area contributed by atoms with Crippen LogP contribution in [0.25, 0.3) is 0 Å². The van der Waals surface area contributed by atoms with Crippen molar-refractivity contribution in [3.05, 3.63) is 35.7 Å². The molecule has 0 radical (unpaired) electrons. The molecule has 1 aliphatic heterocycles. The van der Waals surface area contributed by atoms with Crippen LogP contribution in [0.1, 0.15) is 43.1 Å². The number of imidazole rings is 1. The third kappa shape index (κ3) is 1.67. The summed E-state index contributed by atoms with van der Waals surface area (Å²) < 4.78 is 3.85. The summed E-state index contributed by atoms with van der Waals surface area (Å²) in [6.07, 6.45) is 3.15. The molecule has 0 amide bonds. The number of fused-ring (bicyclic) bond motifs is 2. The Morgan fingerprint density at radius 1 is 1.47 bits per heavy atom. The van der Waals surface area contributed by atoms with Gasteiger partial charge >= 0.3 is 0 Å². The lowest BCUT2D eigenvalue weighted by molar-refractivity contribution is 0.151. The molecule has 0 bridgehead atoms. The Hall–Kier alpha value is -1.62. The van der Waals surface area contributed by atoms with Crippen LogP contribution >= 0.6 is 0 Å². The van der Waals surface area contributed by atoms with Gasteiger partial charge in [-0.15, -0.1) is 0 Å². The number of aliphatic hydroxyl groups excluding tert-OH is 1. The van der Waals surface area contributed by atoms with Crippen LogP contribution in [0.15, 0.2) is 18.5 Å². The Labute approximate surface area is 99.7 Å². The van der Waals surface area contributed by atoms with Gasteiger partial charge < -0.3 is 9.67 Å². The molecule has 0 spiro atoms. The van der Waals surface area contributed by atoms with Crippen molar-refractivity contribution in [3.63, 3.8) is 0 Å². The topological polar surface area (TPSA) is 55.9 Å². The SMILES string of the molecule is CC(C)c1cc2n(n1)Cc1nccn1CC2O. The van der Waals surface area contributed by atoms with Gasteiger partial charge in [0, 0.05) is 12.4 Å². The van der Waals surface area contributed by atoms with Crippen LogP contribution in [-0.2, 0) is 13.1 Å². The first-order valence-corrected chi connectivity index (χ1v) is 5.91. The highest BCUT2D eigenvalue weighted by atomic mass is 16.3. The van der Waals surface area contributed by atoms with Crippen LogP contribution in [0.4, 0.5) is 0 Å². The fourth-order valence-electron chi connectivity index (χ4n) is 2.20. The minimum Gasteiger partial charge on any atom is -0.385 e.